The van der Waals surface area contributed by atoms with Crippen LogP contribution < -0.4 is 20.1 Å². The third-order valence-corrected chi connectivity index (χ3v) is 5.29. The second kappa shape index (κ2) is 12.4. The fourth-order valence-corrected chi connectivity index (χ4v) is 3.52. The van der Waals surface area contributed by atoms with Crippen molar-refractivity contribution in [2.75, 3.05) is 6.61 Å². The molecule has 0 spiro atoms. The third-order valence-electron chi connectivity index (χ3n) is 4.44. The van der Waals surface area contributed by atoms with E-state index in [1.165, 1.54) is 23.5 Å². The van der Waals surface area contributed by atoms with Crippen LogP contribution in [-0.4, -0.2) is 35.8 Å². The third kappa shape index (κ3) is 10.6. The van der Waals surface area contributed by atoms with Crippen LogP contribution in [0.4, 0.5) is 13.2 Å². The lowest BCUT2D eigenvalue weighted by molar-refractivity contribution is -0.274. The van der Waals surface area contributed by atoms with Gasteiger partial charge in [0, 0.05) is 11.4 Å². The number of halogens is 3. The SMILES string of the molecule is CC(C)CCCC(C)NC(=O)c1csc(CNC(=O)COc2ccc(OC(F)(F)F)cc2)n1. The minimum absolute atomic E-state index is 0.0485. The molecule has 182 valence electrons. The fraction of sp³-hybridized carbons (Fsp3) is 0.500. The second-order valence-electron chi connectivity index (χ2n) is 7.91. The first kappa shape index (κ1) is 26.4. The Hall–Kier alpha value is -2.82. The van der Waals surface area contributed by atoms with Crippen molar-refractivity contribution >= 4 is 23.2 Å². The molecule has 1 aromatic heterocycles. The van der Waals surface area contributed by atoms with Gasteiger partial charge in [-0.1, -0.05) is 26.7 Å². The number of hydrogen-bond donors (Lipinski definition) is 2. The lowest BCUT2D eigenvalue weighted by Crippen LogP contribution is -2.33. The molecule has 1 atom stereocenters. The van der Waals surface area contributed by atoms with Crippen molar-refractivity contribution in [3.8, 4) is 11.5 Å². The van der Waals surface area contributed by atoms with Crippen molar-refractivity contribution in [2.45, 2.75) is 59.0 Å². The fourth-order valence-electron chi connectivity index (χ4n) is 2.81. The van der Waals surface area contributed by atoms with Gasteiger partial charge in [0.05, 0.1) is 6.54 Å². The zero-order valence-electron chi connectivity index (χ0n) is 18.7. The average Bonchev–Trinajstić information content (AvgIpc) is 3.19. The number of hydrogen-bond acceptors (Lipinski definition) is 6. The molecule has 0 bridgehead atoms. The average molecular weight is 488 g/mol. The van der Waals surface area contributed by atoms with Gasteiger partial charge in [0.2, 0.25) is 0 Å². The number of aromatic nitrogens is 1. The molecule has 0 saturated heterocycles. The van der Waals surface area contributed by atoms with Crippen LogP contribution in [0.5, 0.6) is 11.5 Å². The van der Waals surface area contributed by atoms with Gasteiger partial charge in [-0.3, -0.25) is 9.59 Å². The summed E-state index contributed by atoms with van der Waals surface area (Å²) in [4.78, 5) is 28.5. The summed E-state index contributed by atoms with van der Waals surface area (Å²) >= 11 is 1.26. The predicted molar refractivity (Wildman–Crippen MR) is 118 cm³/mol. The van der Waals surface area contributed by atoms with E-state index in [1.807, 2.05) is 6.92 Å². The van der Waals surface area contributed by atoms with Crippen molar-refractivity contribution in [1.82, 2.24) is 15.6 Å². The Morgan fingerprint density at radius 1 is 1.09 bits per heavy atom. The Bertz CT molecular complexity index is 901. The summed E-state index contributed by atoms with van der Waals surface area (Å²) in [5.74, 6) is -0.218. The van der Waals surface area contributed by atoms with E-state index in [4.69, 9.17) is 4.74 Å². The molecule has 33 heavy (non-hydrogen) atoms. The van der Waals surface area contributed by atoms with Crippen molar-refractivity contribution < 1.29 is 32.2 Å². The van der Waals surface area contributed by atoms with E-state index in [0.29, 0.717) is 16.6 Å². The number of nitrogens with zero attached hydrogens (tertiary/aromatic N) is 1. The van der Waals surface area contributed by atoms with Crippen LogP contribution in [0.1, 0.15) is 55.5 Å². The lowest BCUT2D eigenvalue weighted by atomic mass is 10.0. The van der Waals surface area contributed by atoms with Crippen LogP contribution in [0.2, 0.25) is 0 Å². The molecular formula is C22H28F3N3O4S. The van der Waals surface area contributed by atoms with E-state index in [9.17, 15) is 22.8 Å². The monoisotopic (exact) mass is 487 g/mol. The summed E-state index contributed by atoms with van der Waals surface area (Å²) < 4.78 is 45.5. The highest BCUT2D eigenvalue weighted by Crippen LogP contribution is 2.24. The lowest BCUT2D eigenvalue weighted by Gasteiger charge is -2.13. The maximum atomic E-state index is 12.3. The highest BCUT2D eigenvalue weighted by atomic mass is 32.1. The van der Waals surface area contributed by atoms with Crippen LogP contribution in [0, 0.1) is 5.92 Å². The summed E-state index contributed by atoms with van der Waals surface area (Å²) in [6.45, 7) is 6.09. The first-order valence-electron chi connectivity index (χ1n) is 10.5. The molecule has 2 aromatic rings. The van der Waals surface area contributed by atoms with Crippen LogP contribution >= 0.6 is 11.3 Å². The van der Waals surface area contributed by atoms with Crippen LogP contribution in [0.15, 0.2) is 29.6 Å². The first-order valence-corrected chi connectivity index (χ1v) is 11.4. The summed E-state index contributed by atoms with van der Waals surface area (Å²) in [7, 11) is 0. The number of alkyl halides is 3. The van der Waals surface area contributed by atoms with Gasteiger partial charge >= 0.3 is 6.36 Å². The number of carbonyl (C=O) groups is 2. The molecule has 1 aromatic carbocycles. The molecule has 0 aliphatic rings. The number of benzene rings is 1. The van der Waals surface area contributed by atoms with E-state index < -0.39 is 12.3 Å². The number of thiazole rings is 1. The molecule has 7 nitrogen and oxygen atoms in total. The summed E-state index contributed by atoms with van der Waals surface area (Å²) in [5, 5.41) is 7.75. The standard InChI is InChI=1S/C22H28F3N3O4S/c1-14(2)5-4-6-15(3)27-21(30)18-13-33-20(28-18)11-26-19(29)12-31-16-7-9-17(10-8-16)32-22(23,24)25/h7-10,13-15H,4-6,11-12H2,1-3H3,(H,26,29)(H,27,30). The van der Waals surface area contributed by atoms with Crippen molar-refractivity contribution in [2.24, 2.45) is 5.92 Å². The van der Waals surface area contributed by atoms with Gasteiger partial charge < -0.3 is 20.1 Å². The highest BCUT2D eigenvalue weighted by molar-refractivity contribution is 7.09. The largest absolute Gasteiger partial charge is 0.573 e. The Morgan fingerprint density at radius 2 is 1.76 bits per heavy atom. The number of nitrogens with one attached hydrogen (secondary N) is 2. The molecule has 0 fully saturated rings. The van der Waals surface area contributed by atoms with Gasteiger partial charge in [-0.05, 0) is 43.5 Å². The number of carbonyl (C=O) groups excluding carboxylic acids is 2. The van der Waals surface area contributed by atoms with E-state index >= 15 is 0 Å². The summed E-state index contributed by atoms with van der Waals surface area (Å²) in [6, 6.07) is 4.77. The second-order valence-corrected chi connectivity index (χ2v) is 8.85. The van der Waals surface area contributed by atoms with Gasteiger partial charge in [-0.2, -0.15) is 0 Å². The first-order chi connectivity index (χ1) is 15.5. The van der Waals surface area contributed by atoms with Crippen LogP contribution in [-0.2, 0) is 11.3 Å². The highest BCUT2D eigenvalue weighted by Gasteiger charge is 2.31. The van der Waals surface area contributed by atoms with Gasteiger partial charge in [-0.15, -0.1) is 24.5 Å². The Labute approximate surface area is 194 Å². The molecule has 2 rings (SSSR count). The van der Waals surface area contributed by atoms with Crippen molar-refractivity contribution in [3.63, 3.8) is 0 Å². The zero-order chi connectivity index (χ0) is 24.4. The maximum Gasteiger partial charge on any atom is 0.573 e. The van der Waals surface area contributed by atoms with E-state index in [2.05, 4.69) is 34.2 Å². The zero-order valence-corrected chi connectivity index (χ0v) is 19.5. The number of ether oxygens (including phenoxy) is 2. The Balaban J connectivity index is 1.71. The minimum atomic E-state index is -4.77. The van der Waals surface area contributed by atoms with E-state index in [-0.39, 0.29) is 36.6 Å². The molecule has 0 aliphatic carbocycles. The topological polar surface area (TPSA) is 89.6 Å². The summed E-state index contributed by atoms with van der Waals surface area (Å²) in [5.41, 5.74) is 0.303. The number of amides is 2. The molecule has 1 unspecified atom stereocenters. The molecule has 0 radical (unpaired) electrons. The van der Waals surface area contributed by atoms with Gasteiger partial charge in [-0.25, -0.2) is 4.98 Å². The molecule has 0 saturated carbocycles. The van der Waals surface area contributed by atoms with Crippen LogP contribution in [0.3, 0.4) is 0 Å². The van der Waals surface area contributed by atoms with Crippen LogP contribution in [0.25, 0.3) is 0 Å². The molecule has 0 aliphatic heterocycles. The maximum absolute atomic E-state index is 12.3. The van der Waals surface area contributed by atoms with E-state index in [1.54, 1.807) is 5.38 Å². The molecule has 11 heteroatoms. The predicted octanol–water partition coefficient (Wildman–Crippen LogP) is 4.68. The molecule has 2 amide bonds. The minimum Gasteiger partial charge on any atom is -0.484 e. The number of rotatable bonds is 12. The van der Waals surface area contributed by atoms with E-state index in [0.717, 1.165) is 31.4 Å². The smallest absolute Gasteiger partial charge is 0.484 e. The molecule has 1 heterocycles. The Kier molecular flexibility index (Phi) is 9.95. The van der Waals surface area contributed by atoms with Gasteiger partial charge in [0.15, 0.2) is 6.61 Å². The molecule has 2 N–H and O–H groups in total. The van der Waals surface area contributed by atoms with Crippen molar-refractivity contribution in [1.29, 1.82) is 0 Å². The van der Waals surface area contributed by atoms with Gasteiger partial charge in [0.25, 0.3) is 11.8 Å². The Morgan fingerprint density at radius 3 is 2.39 bits per heavy atom. The van der Waals surface area contributed by atoms with Gasteiger partial charge in [0.1, 0.15) is 22.2 Å². The molecular weight excluding hydrogens is 459 g/mol. The quantitative estimate of drug-likeness (QED) is 0.454. The van der Waals surface area contributed by atoms with Crippen molar-refractivity contribution in [3.05, 3.63) is 40.3 Å². The normalized spacial score (nSPS) is 12.3. The summed E-state index contributed by atoms with van der Waals surface area (Å²) in [6.07, 6.45) is -1.72.